The second kappa shape index (κ2) is 10.1. The van der Waals surface area contributed by atoms with Gasteiger partial charge in [0.2, 0.25) is 0 Å². The van der Waals surface area contributed by atoms with Crippen molar-refractivity contribution in [1.29, 1.82) is 0 Å². The van der Waals surface area contributed by atoms with Crippen LogP contribution in [-0.4, -0.2) is 36.6 Å². The molecule has 2 aliphatic rings. The van der Waals surface area contributed by atoms with E-state index in [0.717, 1.165) is 31.4 Å². The number of hydrogen-bond donors (Lipinski definition) is 2. The minimum atomic E-state index is 0. The monoisotopic (exact) mass is 443 g/mol. The number of hydrogen-bond acceptors (Lipinski definition) is 3. The molecule has 1 aromatic rings. The highest BCUT2D eigenvalue weighted by Crippen LogP contribution is 2.19. The second-order valence-corrected chi connectivity index (χ2v) is 6.54. The predicted molar refractivity (Wildman–Crippen MR) is 111 cm³/mol. The Labute approximate surface area is 162 Å². The van der Waals surface area contributed by atoms with E-state index in [2.05, 4.69) is 39.6 Å². The molecule has 0 bridgehead atoms. The minimum absolute atomic E-state index is 0. The molecular formula is C18H30IN5. The number of nitrogens with one attached hydrogen (secondary N) is 2. The topological polar surface area (TPSA) is 52.6 Å². The zero-order valence-electron chi connectivity index (χ0n) is 14.6. The molecule has 1 aromatic heterocycles. The first kappa shape index (κ1) is 19.3. The molecule has 6 heteroatoms. The van der Waals surface area contributed by atoms with E-state index in [1.165, 1.54) is 44.1 Å². The number of aromatic nitrogens is 1. The Kier molecular flexibility index (Phi) is 8.08. The number of nitrogens with zero attached hydrogens (tertiary/aromatic N) is 3. The lowest BCUT2D eigenvalue weighted by atomic mass is 10.2. The molecule has 2 N–H and O–H groups in total. The van der Waals surface area contributed by atoms with E-state index in [-0.39, 0.29) is 24.0 Å². The van der Waals surface area contributed by atoms with Crippen LogP contribution in [0.4, 0.5) is 5.82 Å². The molecule has 2 fully saturated rings. The Morgan fingerprint density at radius 1 is 1.25 bits per heavy atom. The SMILES string of the molecule is CCNC(=NCc1ccnc(N2CCCC2)c1)NC1CCCC1.I. The van der Waals surface area contributed by atoms with E-state index >= 15 is 0 Å². The summed E-state index contributed by atoms with van der Waals surface area (Å²) >= 11 is 0. The van der Waals surface area contributed by atoms with Crippen LogP contribution >= 0.6 is 24.0 Å². The van der Waals surface area contributed by atoms with Gasteiger partial charge in [-0.15, -0.1) is 24.0 Å². The van der Waals surface area contributed by atoms with Gasteiger partial charge < -0.3 is 15.5 Å². The van der Waals surface area contributed by atoms with Gasteiger partial charge in [-0.3, -0.25) is 0 Å². The van der Waals surface area contributed by atoms with E-state index in [1.807, 2.05) is 6.20 Å². The van der Waals surface area contributed by atoms with Crippen molar-refractivity contribution in [1.82, 2.24) is 15.6 Å². The quantitative estimate of drug-likeness (QED) is 0.417. The van der Waals surface area contributed by atoms with Gasteiger partial charge in [-0.05, 0) is 50.3 Å². The van der Waals surface area contributed by atoms with E-state index in [0.29, 0.717) is 12.6 Å². The van der Waals surface area contributed by atoms with Crippen LogP contribution < -0.4 is 15.5 Å². The van der Waals surface area contributed by atoms with Crippen molar-refractivity contribution in [2.45, 2.75) is 58.0 Å². The van der Waals surface area contributed by atoms with Gasteiger partial charge in [-0.2, -0.15) is 0 Å². The number of guanidine groups is 1. The summed E-state index contributed by atoms with van der Waals surface area (Å²) in [5, 5.41) is 6.93. The fourth-order valence-corrected chi connectivity index (χ4v) is 3.43. The lowest BCUT2D eigenvalue weighted by Gasteiger charge is -2.18. The third-order valence-corrected chi connectivity index (χ3v) is 4.70. The molecule has 134 valence electrons. The molecule has 0 amide bonds. The fourth-order valence-electron chi connectivity index (χ4n) is 3.43. The second-order valence-electron chi connectivity index (χ2n) is 6.54. The summed E-state index contributed by atoms with van der Waals surface area (Å²) in [6, 6.07) is 4.85. The Morgan fingerprint density at radius 2 is 2.00 bits per heavy atom. The first-order chi connectivity index (χ1) is 11.3. The summed E-state index contributed by atoms with van der Waals surface area (Å²) in [5.74, 6) is 2.04. The molecule has 1 aliphatic carbocycles. The Hall–Kier alpha value is -1.05. The Bertz CT molecular complexity index is 522. The highest BCUT2D eigenvalue weighted by Gasteiger charge is 2.16. The molecular weight excluding hydrogens is 413 g/mol. The van der Waals surface area contributed by atoms with Crippen molar-refractivity contribution in [2.75, 3.05) is 24.5 Å². The summed E-state index contributed by atoms with van der Waals surface area (Å²) < 4.78 is 0. The zero-order valence-corrected chi connectivity index (χ0v) is 17.0. The zero-order chi connectivity index (χ0) is 15.9. The summed E-state index contributed by atoms with van der Waals surface area (Å²) in [6.07, 6.45) is 9.66. The first-order valence-electron chi connectivity index (χ1n) is 9.10. The number of pyridine rings is 1. The largest absolute Gasteiger partial charge is 0.357 e. The summed E-state index contributed by atoms with van der Waals surface area (Å²) in [6.45, 7) is 5.97. The molecule has 1 aliphatic heterocycles. The smallest absolute Gasteiger partial charge is 0.191 e. The average Bonchev–Trinajstić information content (AvgIpc) is 3.27. The van der Waals surface area contributed by atoms with Crippen molar-refractivity contribution in [3.8, 4) is 0 Å². The molecule has 24 heavy (non-hydrogen) atoms. The lowest BCUT2D eigenvalue weighted by molar-refractivity contribution is 0.614. The van der Waals surface area contributed by atoms with Crippen LogP contribution in [0.25, 0.3) is 0 Å². The van der Waals surface area contributed by atoms with Crippen LogP contribution in [0.3, 0.4) is 0 Å². The molecule has 0 unspecified atom stereocenters. The van der Waals surface area contributed by atoms with Crippen molar-refractivity contribution in [3.63, 3.8) is 0 Å². The number of halogens is 1. The molecule has 3 rings (SSSR count). The maximum absolute atomic E-state index is 4.76. The molecule has 5 nitrogen and oxygen atoms in total. The van der Waals surface area contributed by atoms with E-state index in [4.69, 9.17) is 4.99 Å². The summed E-state index contributed by atoms with van der Waals surface area (Å²) in [5.41, 5.74) is 1.23. The molecule has 1 saturated carbocycles. The number of rotatable bonds is 5. The predicted octanol–water partition coefficient (Wildman–Crippen LogP) is 3.30. The molecule has 1 saturated heterocycles. The van der Waals surface area contributed by atoms with Gasteiger partial charge >= 0.3 is 0 Å². The van der Waals surface area contributed by atoms with Crippen LogP contribution in [0, 0.1) is 0 Å². The lowest BCUT2D eigenvalue weighted by Crippen LogP contribution is -2.42. The van der Waals surface area contributed by atoms with Crippen LogP contribution in [0.2, 0.25) is 0 Å². The van der Waals surface area contributed by atoms with Crippen LogP contribution in [0.15, 0.2) is 23.3 Å². The Balaban J connectivity index is 0.00000208. The van der Waals surface area contributed by atoms with Gasteiger partial charge in [0.25, 0.3) is 0 Å². The fraction of sp³-hybridized carbons (Fsp3) is 0.667. The van der Waals surface area contributed by atoms with E-state index in [9.17, 15) is 0 Å². The van der Waals surface area contributed by atoms with Crippen molar-refractivity contribution >= 4 is 35.8 Å². The third-order valence-electron chi connectivity index (χ3n) is 4.70. The first-order valence-corrected chi connectivity index (χ1v) is 9.10. The molecule has 0 radical (unpaired) electrons. The standard InChI is InChI=1S/C18H29N5.HI/c1-2-19-18(22-16-7-3-4-8-16)21-14-15-9-10-20-17(13-15)23-11-5-6-12-23;/h9-10,13,16H,2-8,11-12,14H2,1H3,(H2,19,21,22);1H. The van der Waals surface area contributed by atoms with E-state index in [1.54, 1.807) is 0 Å². The molecule has 0 aromatic carbocycles. The van der Waals surface area contributed by atoms with Gasteiger partial charge in [-0.1, -0.05) is 12.8 Å². The van der Waals surface area contributed by atoms with Crippen LogP contribution in [-0.2, 0) is 6.54 Å². The van der Waals surface area contributed by atoms with Crippen LogP contribution in [0.5, 0.6) is 0 Å². The molecule has 0 atom stereocenters. The number of aliphatic imine (C=N–C) groups is 1. The summed E-state index contributed by atoms with van der Waals surface area (Å²) in [4.78, 5) is 11.6. The molecule has 0 spiro atoms. The average molecular weight is 443 g/mol. The van der Waals surface area contributed by atoms with Gasteiger partial charge in [0.1, 0.15) is 5.82 Å². The normalized spacial score (nSPS) is 18.5. The van der Waals surface area contributed by atoms with Gasteiger partial charge in [-0.25, -0.2) is 9.98 Å². The maximum atomic E-state index is 4.76. The van der Waals surface area contributed by atoms with Crippen molar-refractivity contribution in [2.24, 2.45) is 4.99 Å². The maximum Gasteiger partial charge on any atom is 0.191 e. The van der Waals surface area contributed by atoms with Crippen molar-refractivity contribution < 1.29 is 0 Å². The van der Waals surface area contributed by atoms with Crippen LogP contribution in [0.1, 0.15) is 51.0 Å². The van der Waals surface area contributed by atoms with Gasteiger partial charge in [0.05, 0.1) is 6.54 Å². The minimum Gasteiger partial charge on any atom is -0.357 e. The van der Waals surface area contributed by atoms with E-state index < -0.39 is 0 Å². The number of anilines is 1. The van der Waals surface area contributed by atoms with Gasteiger partial charge in [0.15, 0.2) is 5.96 Å². The third kappa shape index (κ3) is 5.50. The highest BCUT2D eigenvalue weighted by atomic mass is 127. The highest BCUT2D eigenvalue weighted by molar-refractivity contribution is 14.0. The Morgan fingerprint density at radius 3 is 2.71 bits per heavy atom. The molecule has 2 heterocycles. The van der Waals surface area contributed by atoms with Gasteiger partial charge in [0, 0.05) is 31.9 Å². The summed E-state index contributed by atoms with van der Waals surface area (Å²) in [7, 11) is 0. The van der Waals surface area contributed by atoms with Crippen molar-refractivity contribution in [3.05, 3.63) is 23.9 Å².